The van der Waals surface area contributed by atoms with Gasteiger partial charge in [-0.1, -0.05) is 34.1 Å². The zero-order chi connectivity index (χ0) is 12.2. The second-order valence-corrected chi connectivity index (χ2v) is 6.38. The van der Waals surface area contributed by atoms with Crippen molar-refractivity contribution in [1.82, 2.24) is 4.90 Å². The minimum absolute atomic E-state index is 0.115. The molecule has 1 aliphatic rings. The number of hydrogen-bond donors (Lipinski definition) is 1. The van der Waals surface area contributed by atoms with E-state index in [4.69, 9.17) is 0 Å². The number of aliphatic hydroxyl groups excluding tert-OH is 1. The predicted octanol–water partition coefficient (Wildman–Crippen LogP) is 2.91. The molecule has 0 radical (unpaired) electrons. The molecule has 0 bridgehead atoms. The van der Waals surface area contributed by atoms with Gasteiger partial charge in [-0.05, 0) is 43.7 Å². The van der Waals surface area contributed by atoms with Gasteiger partial charge < -0.3 is 10.0 Å². The second-order valence-electron chi connectivity index (χ2n) is 6.38. The van der Waals surface area contributed by atoms with E-state index >= 15 is 0 Å². The molecule has 1 N–H and O–H groups in total. The quantitative estimate of drug-likeness (QED) is 0.798. The first-order valence-corrected chi connectivity index (χ1v) is 6.84. The summed E-state index contributed by atoms with van der Waals surface area (Å²) in [6.07, 6.45) is 4.50. The van der Waals surface area contributed by atoms with Gasteiger partial charge in [-0.25, -0.2) is 0 Å². The number of nitrogens with zero attached hydrogens (tertiary/aromatic N) is 1. The van der Waals surface area contributed by atoms with E-state index in [-0.39, 0.29) is 6.10 Å². The predicted molar refractivity (Wildman–Crippen MR) is 69.5 cm³/mol. The largest absolute Gasteiger partial charge is 0.392 e. The molecule has 1 aliphatic heterocycles. The summed E-state index contributed by atoms with van der Waals surface area (Å²) in [4.78, 5) is 2.43. The Kier molecular flexibility index (Phi) is 5.26. The fraction of sp³-hybridized carbons (Fsp3) is 1.00. The van der Waals surface area contributed by atoms with E-state index in [1.54, 1.807) is 0 Å². The van der Waals surface area contributed by atoms with Crippen LogP contribution in [0.5, 0.6) is 0 Å². The first kappa shape index (κ1) is 14.0. The first-order chi connectivity index (χ1) is 7.43. The number of hydrogen-bond acceptors (Lipinski definition) is 2. The highest BCUT2D eigenvalue weighted by Gasteiger charge is 2.28. The Hall–Kier alpha value is -0.0800. The van der Waals surface area contributed by atoms with E-state index in [9.17, 15) is 5.11 Å². The molecule has 16 heavy (non-hydrogen) atoms. The zero-order valence-electron chi connectivity index (χ0n) is 11.5. The van der Waals surface area contributed by atoms with Gasteiger partial charge in [0.05, 0.1) is 6.10 Å². The van der Waals surface area contributed by atoms with E-state index in [0.29, 0.717) is 5.41 Å². The zero-order valence-corrected chi connectivity index (χ0v) is 11.5. The molecule has 0 aromatic rings. The first-order valence-electron chi connectivity index (χ1n) is 6.84. The van der Waals surface area contributed by atoms with Crippen LogP contribution in [0, 0.1) is 11.3 Å². The van der Waals surface area contributed by atoms with Crippen LogP contribution in [-0.2, 0) is 0 Å². The van der Waals surface area contributed by atoms with E-state index in [2.05, 4.69) is 32.6 Å². The normalized spacial score (nSPS) is 22.3. The van der Waals surface area contributed by atoms with Crippen LogP contribution in [0.4, 0.5) is 0 Å². The van der Waals surface area contributed by atoms with Crippen molar-refractivity contribution in [3.8, 4) is 0 Å². The Bertz CT molecular complexity index is 189. The molecular weight excluding hydrogens is 198 g/mol. The molecule has 0 saturated carbocycles. The van der Waals surface area contributed by atoms with Gasteiger partial charge in [0.15, 0.2) is 0 Å². The summed E-state index contributed by atoms with van der Waals surface area (Å²) < 4.78 is 0. The van der Waals surface area contributed by atoms with Gasteiger partial charge in [-0.2, -0.15) is 0 Å². The second kappa shape index (κ2) is 6.02. The lowest BCUT2D eigenvalue weighted by Crippen LogP contribution is -2.41. The average Bonchev–Trinajstić information content (AvgIpc) is 2.17. The summed E-state index contributed by atoms with van der Waals surface area (Å²) in [5.41, 5.74) is 0.453. The van der Waals surface area contributed by atoms with E-state index in [1.807, 2.05) is 0 Å². The Labute approximate surface area is 101 Å². The third-order valence-corrected chi connectivity index (χ3v) is 3.90. The fourth-order valence-electron chi connectivity index (χ4n) is 2.70. The summed E-state index contributed by atoms with van der Waals surface area (Å²) in [7, 11) is 0. The van der Waals surface area contributed by atoms with Crippen LogP contribution < -0.4 is 0 Å². The molecule has 1 fully saturated rings. The number of likely N-dealkylation sites (tertiary alicyclic amines) is 1. The number of aliphatic hydroxyl groups is 1. The van der Waals surface area contributed by atoms with Gasteiger partial charge in [0.2, 0.25) is 0 Å². The summed E-state index contributed by atoms with van der Waals surface area (Å²) in [6, 6.07) is 0. The molecule has 0 amide bonds. The lowest BCUT2D eigenvalue weighted by molar-refractivity contribution is 0.0618. The standard InChI is InChI=1S/C14H29NO/c1-5-6-13(16)11-15-9-7-12(8-10-15)14(2,3)4/h12-13,16H,5-11H2,1-4H3. The van der Waals surface area contributed by atoms with E-state index in [0.717, 1.165) is 25.3 Å². The maximum atomic E-state index is 9.79. The lowest BCUT2D eigenvalue weighted by Gasteiger charge is -2.39. The molecule has 0 aliphatic carbocycles. The molecular formula is C14H29NO. The molecule has 1 rings (SSSR count). The van der Waals surface area contributed by atoms with Gasteiger partial charge in [0.1, 0.15) is 0 Å². The molecule has 96 valence electrons. The van der Waals surface area contributed by atoms with Gasteiger partial charge in [-0.15, -0.1) is 0 Å². The molecule has 2 heteroatoms. The monoisotopic (exact) mass is 227 g/mol. The number of piperidine rings is 1. The number of rotatable bonds is 4. The highest BCUT2D eigenvalue weighted by Crippen LogP contribution is 2.34. The molecule has 0 spiro atoms. The Balaban J connectivity index is 2.27. The summed E-state index contributed by atoms with van der Waals surface area (Å²) >= 11 is 0. The van der Waals surface area contributed by atoms with Crippen LogP contribution in [0.15, 0.2) is 0 Å². The Morgan fingerprint density at radius 3 is 2.25 bits per heavy atom. The highest BCUT2D eigenvalue weighted by molar-refractivity contribution is 4.81. The lowest BCUT2D eigenvalue weighted by atomic mass is 9.75. The van der Waals surface area contributed by atoms with Crippen LogP contribution in [0.25, 0.3) is 0 Å². The average molecular weight is 227 g/mol. The summed E-state index contributed by atoms with van der Waals surface area (Å²) in [5.74, 6) is 0.854. The summed E-state index contributed by atoms with van der Waals surface area (Å²) in [6.45, 7) is 12.4. The van der Waals surface area contributed by atoms with Gasteiger partial charge >= 0.3 is 0 Å². The van der Waals surface area contributed by atoms with Crippen molar-refractivity contribution in [2.75, 3.05) is 19.6 Å². The molecule has 1 atom stereocenters. The highest BCUT2D eigenvalue weighted by atomic mass is 16.3. The van der Waals surface area contributed by atoms with Crippen LogP contribution in [0.3, 0.4) is 0 Å². The maximum Gasteiger partial charge on any atom is 0.0667 e. The molecule has 2 nitrogen and oxygen atoms in total. The molecule has 0 aromatic heterocycles. The van der Waals surface area contributed by atoms with Crippen molar-refractivity contribution in [2.45, 2.75) is 59.5 Å². The third kappa shape index (κ3) is 4.42. The Morgan fingerprint density at radius 1 is 1.25 bits per heavy atom. The van der Waals surface area contributed by atoms with Crippen molar-refractivity contribution in [3.63, 3.8) is 0 Å². The third-order valence-electron chi connectivity index (χ3n) is 3.90. The van der Waals surface area contributed by atoms with Crippen molar-refractivity contribution >= 4 is 0 Å². The van der Waals surface area contributed by atoms with Gasteiger partial charge in [-0.3, -0.25) is 0 Å². The van der Waals surface area contributed by atoms with Crippen molar-refractivity contribution in [1.29, 1.82) is 0 Å². The van der Waals surface area contributed by atoms with E-state index < -0.39 is 0 Å². The van der Waals surface area contributed by atoms with Crippen LogP contribution in [-0.4, -0.2) is 35.7 Å². The minimum atomic E-state index is -0.115. The van der Waals surface area contributed by atoms with Gasteiger partial charge in [0.25, 0.3) is 0 Å². The van der Waals surface area contributed by atoms with Crippen molar-refractivity contribution in [2.24, 2.45) is 11.3 Å². The fourth-order valence-corrected chi connectivity index (χ4v) is 2.70. The van der Waals surface area contributed by atoms with Crippen LogP contribution in [0.1, 0.15) is 53.4 Å². The van der Waals surface area contributed by atoms with Crippen LogP contribution >= 0.6 is 0 Å². The smallest absolute Gasteiger partial charge is 0.0667 e. The van der Waals surface area contributed by atoms with Gasteiger partial charge in [0, 0.05) is 6.54 Å². The van der Waals surface area contributed by atoms with Crippen LogP contribution in [0.2, 0.25) is 0 Å². The molecule has 1 heterocycles. The van der Waals surface area contributed by atoms with Crippen molar-refractivity contribution in [3.05, 3.63) is 0 Å². The Morgan fingerprint density at radius 2 is 1.81 bits per heavy atom. The maximum absolute atomic E-state index is 9.79. The van der Waals surface area contributed by atoms with Crippen molar-refractivity contribution < 1.29 is 5.11 Å². The van der Waals surface area contributed by atoms with E-state index in [1.165, 1.54) is 25.9 Å². The topological polar surface area (TPSA) is 23.5 Å². The molecule has 1 saturated heterocycles. The minimum Gasteiger partial charge on any atom is -0.392 e. The molecule has 0 aromatic carbocycles. The summed E-state index contributed by atoms with van der Waals surface area (Å²) in [5, 5.41) is 9.79. The SMILES string of the molecule is CCCC(O)CN1CCC(C(C)(C)C)CC1. The molecule has 1 unspecified atom stereocenters. The number of β-amino-alcohol motifs (C(OH)–C–C–N with tert-alkyl or cyclic N) is 1.